The van der Waals surface area contributed by atoms with Crippen molar-refractivity contribution in [1.29, 1.82) is 0 Å². The number of amides is 2. The van der Waals surface area contributed by atoms with Crippen molar-refractivity contribution >= 4 is 27.6 Å². The molecule has 0 aliphatic carbocycles. The highest BCUT2D eigenvalue weighted by atomic mass is 79.9. The first-order chi connectivity index (χ1) is 7.81. The van der Waals surface area contributed by atoms with Gasteiger partial charge in [-0.05, 0) is 51.0 Å². The summed E-state index contributed by atoms with van der Waals surface area (Å²) in [5, 5.41) is 5.75. The van der Waals surface area contributed by atoms with Crippen molar-refractivity contribution in [1.82, 2.24) is 5.32 Å². The first-order valence-electron chi connectivity index (χ1n) is 5.69. The lowest BCUT2D eigenvalue weighted by Crippen LogP contribution is -2.43. The molecule has 1 rings (SSSR count). The lowest BCUT2D eigenvalue weighted by molar-refractivity contribution is 0.244. The van der Waals surface area contributed by atoms with E-state index in [1.165, 1.54) is 0 Å². The van der Waals surface area contributed by atoms with Gasteiger partial charge in [-0.2, -0.15) is 0 Å². The maximum atomic E-state index is 11.7. The third-order valence-corrected chi connectivity index (χ3v) is 2.68. The zero-order valence-corrected chi connectivity index (χ0v) is 12.3. The third-order valence-electron chi connectivity index (χ3n) is 2.18. The monoisotopic (exact) mass is 298 g/mol. The number of carbonyl (C=O) groups is 1. The molecule has 0 aromatic heterocycles. The zero-order chi connectivity index (χ0) is 13.1. The quantitative estimate of drug-likeness (QED) is 0.853. The van der Waals surface area contributed by atoms with E-state index in [9.17, 15) is 4.79 Å². The molecule has 1 aromatic carbocycles. The minimum absolute atomic E-state index is 0.172. The fraction of sp³-hybridized carbons (Fsp3) is 0.462. The van der Waals surface area contributed by atoms with Gasteiger partial charge in [0.05, 0.1) is 0 Å². The summed E-state index contributed by atoms with van der Waals surface area (Å²) in [5.74, 6) is 0. The number of urea groups is 1. The molecule has 2 amide bonds. The molecule has 0 saturated heterocycles. The number of hydrogen-bond acceptors (Lipinski definition) is 1. The average molecular weight is 299 g/mol. The van der Waals surface area contributed by atoms with Crippen molar-refractivity contribution in [3.8, 4) is 0 Å². The average Bonchev–Trinajstić information content (AvgIpc) is 2.17. The van der Waals surface area contributed by atoms with E-state index in [1.54, 1.807) is 0 Å². The van der Waals surface area contributed by atoms with Gasteiger partial charge in [0.15, 0.2) is 0 Å². The predicted molar refractivity (Wildman–Crippen MR) is 75.4 cm³/mol. The zero-order valence-electron chi connectivity index (χ0n) is 10.7. The van der Waals surface area contributed by atoms with Crippen LogP contribution in [0, 0.1) is 0 Å². The lowest BCUT2D eigenvalue weighted by atomic mass is 10.1. The van der Waals surface area contributed by atoms with Crippen LogP contribution >= 0.6 is 15.9 Å². The molecule has 0 aliphatic rings. The molecular weight excluding hydrogens is 280 g/mol. The molecule has 0 unspecified atom stereocenters. The number of carbonyl (C=O) groups excluding carboxylic acids is 1. The van der Waals surface area contributed by atoms with E-state index in [1.807, 2.05) is 39.0 Å². The van der Waals surface area contributed by atoms with Gasteiger partial charge in [-0.3, -0.25) is 0 Å². The SMILES string of the molecule is CCc1cc(Br)ccc1NC(=O)NC(C)(C)C. The lowest BCUT2D eigenvalue weighted by Gasteiger charge is -2.21. The van der Waals surface area contributed by atoms with Crippen molar-refractivity contribution < 1.29 is 4.79 Å². The van der Waals surface area contributed by atoms with E-state index in [2.05, 4.69) is 33.5 Å². The van der Waals surface area contributed by atoms with Crippen LogP contribution in [0.25, 0.3) is 0 Å². The van der Waals surface area contributed by atoms with E-state index in [4.69, 9.17) is 0 Å². The first kappa shape index (κ1) is 14.0. The van der Waals surface area contributed by atoms with Crippen molar-refractivity contribution in [3.05, 3.63) is 28.2 Å². The molecule has 0 radical (unpaired) electrons. The Labute approximate surface area is 111 Å². The van der Waals surface area contributed by atoms with Crippen LogP contribution in [0.5, 0.6) is 0 Å². The fourth-order valence-electron chi connectivity index (χ4n) is 1.47. The van der Waals surface area contributed by atoms with Gasteiger partial charge in [0.25, 0.3) is 0 Å². The highest BCUT2D eigenvalue weighted by Crippen LogP contribution is 2.21. The second kappa shape index (κ2) is 5.54. The second-order valence-corrected chi connectivity index (χ2v) is 5.90. The standard InChI is InChI=1S/C13H19BrN2O/c1-5-9-8-10(14)6-7-11(9)15-12(17)16-13(2,3)4/h6-8H,5H2,1-4H3,(H2,15,16,17). The van der Waals surface area contributed by atoms with Crippen molar-refractivity contribution in [2.24, 2.45) is 0 Å². The first-order valence-corrected chi connectivity index (χ1v) is 6.48. The predicted octanol–water partition coefficient (Wildman–Crippen LogP) is 3.93. The highest BCUT2D eigenvalue weighted by Gasteiger charge is 2.14. The van der Waals surface area contributed by atoms with E-state index < -0.39 is 0 Å². The minimum atomic E-state index is -0.230. The second-order valence-electron chi connectivity index (χ2n) is 4.98. The number of halogens is 1. The van der Waals surface area contributed by atoms with Gasteiger partial charge >= 0.3 is 6.03 Å². The summed E-state index contributed by atoms with van der Waals surface area (Å²) in [6.07, 6.45) is 0.880. The molecule has 1 aromatic rings. The number of hydrogen-bond donors (Lipinski definition) is 2. The molecule has 0 fully saturated rings. The number of benzene rings is 1. The molecule has 2 N–H and O–H groups in total. The van der Waals surface area contributed by atoms with Gasteiger partial charge in [0, 0.05) is 15.7 Å². The number of rotatable bonds is 2. The summed E-state index contributed by atoms with van der Waals surface area (Å²) in [6.45, 7) is 7.92. The molecule has 4 heteroatoms. The molecule has 17 heavy (non-hydrogen) atoms. The number of anilines is 1. The molecular formula is C13H19BrN2O. The van der Waals surface area contributed by atoms with Crippen LogP contribution in [-0.2, 0) is 6.42 Å². The summed E-state index contributed by atoms with van der Waals surface area (Å²) in [7, 11) is 0. The van der Waals surface area contributed by atoms with E-state index >= 15 is 0 Å². The molecule has 3 nitrogen and oxygen atoms in total. The fourth-order valence-corrected chi connectivity index (χ4v) is 1.88. The van der Waals surface area contributed by atoms with Gasteiger partial charge in [0.2, 0.25) is 0 Å². The molecule has 0 bridgehead atoms. The van der Waals surface area contributed by atoms with E-state index in [0.29, 0.717) is 0 Å². The van der Waals surface area contributed by atoms with Gasteiger partial charge in [-0.1, -0.05) is 22.9 Å². The highest BCUT2D eigenvalue weighted by molar-refractivity contribution is 9.10. The number of nitrogens with one attached hydrogen (secondary N) is 2. The third kappa shape index (κ3) is 4.77. The Kier molecular flexibility index (Phi) is 4.57. The molecule has 0 atom stereocenters. The van der Waals surface area contributed by atoms with Gasteiger partial charge in [-0.15, -0.1) is 0 Å². The largest absolute Gasteiger partial charge is 0.333 e. The molecule has 0 aliphatic heterocycles. The summed E-state index contributed by atoms with van der Waals surface area (Å²) < 4.78 is 1.02. The van der Waals surface area contributed by atoms with Crippen LogP contribution in [0.4, 0.5) is 10.5 Å². The van der Waals surface area contributed by atoms with Crippen LogP contribution in [0.15, 0.2) is 22.7 Å². The van der Waals surface area contributed by atoms with Gasteiger partial charge in [-0.25, -0.2) is 4.79 Å². The summed E-state index contributed by atoms with van der Waals surface area (Å²) in [6, 6.07) is 5.68. The van der Waals surface area contributed by atoms with Crippen LogP contribution in [0.2, 0.25) is 0 Å². The van der Waals surface area contributed by atoms with Crippen LogP contribution in [-0.4, -0.2) is 11.6 Å². The Morgan fingerprint density at radius 1 is 1.35 bits per heavy atom. The summed E-state index contributed by atoms with van der Waals surface area (Å²) >= 11 is 3.42. The Bertz CT molecular complexity index is 410. The molecule has 0 saturated carbocycles. The van der Waals surface area contributed by atoms with E-state index in [0.717, 1.165) is 22.1 Å². The number of aryl methyl sites for hydroxylation is 1. The Morgan fingerprint density at radius 2 is 2.00 bits per heavy atom. The summed E-state index contributed by atoms with van der Waals surface area (Å²) in [5.41, 5.74) is 1.74. The smallest absolute Gasteiger partial charge is 0.319 e. The Morgan fingerprint density at radius 3 is 2.53 bits per heavy atom. The van der Waals surface area contributed by atoms with Crippen molar-refractivity contribution in [2.45, 2.75) is 39.7 Å². The van der Waals surface area contributed by atoms with Crippen molar-refractivity contribution in [2.75, 3.05) is 5.32 Å². The van der Waals surface area contributed by atoms with Crippen LogP contribution < -0.4 is 10.6 Å². The Balaban J connectivity index is 2.78. The molecule has 0 spiro atoms. The maximum Gasteiger partial charge on any atom is 0.319 e. The maximum absolute atomic E-state index is 11.7. The summed E-state index contributed by atoms with van der Waals surface area (Å²) in [4.78, 5) is 11.7. The minimum Gasteiger partial charge on any atom is -0.333 e. The Hall–Kier alpha value is -1.03. The van der Waals surface area contributed by atoms with Crippen LogP contribution in [0.3, 0.4) is 0 Å². The van der Waals surface area contributed by atoms with Gasteiger partial charge in [0.1, 0.15) is 0 Å². The molecule has 0 heterocycles. The van der Waals surface area contributed by atoms with Gasteiger partial charge < -0.3 is 10.6 Å². The topological polar surface area (TPSA) is 41.1 Å². The molecule has 94 valence electrons. The normalized spacial score (nSPS) is 11.1. The van der Waals surface area contributed by atoms with E-state index in [-0.39, 0.29) is 11.6 Å². The van der Waals surface area contributed by atoms with Crippen LogP contribution in [0.1, 0.15) is 33.3 Å². The van der Waals surface area contributed by atoms with Crippen molar-refractivity contribution in [3.63, 3.8) is 0 Å².